The molecule has 1 saturated heterocycles. The van der Waals surface area contributed by atoms with E-state index in [2.05, 4.69) is 0 Å². The second kappa shape index (κ2) is 7.32. The summed E-state index contributed by atoms with van der Waals surface area (Å²) >= 11 is 6.13. The molecule has 24 heavy (non-hydrogen) atoms. The molecule has 126 valence electrons. The molecule has 2 aromatic carbocycles. The van der Waals surface area contributed by atoms with Crippen molar-refractivity contribution in [1.82, 2.24) is 4.90 Å². The first-order valence-electron chi connectivity index (χ1n) is 8.06. The van der Waals surface area contributed by atoms with Crippen molar-refractivity contribution in [2.75, 3.05) is 6.54 Å². The van der Waals surface area contributed by atoms with Crippen LogP contribution in [0.15, 0.2) is 48.5 Å². The first-order chi connectivity index (χ1) is 11.6. The largest absolute Gasteiger partial charge is 0.480 e. The highest BCUT2D eigenvalue weighted by Gasteiger charge is 2.36. The molecule has 3 nitrogen and oxygen atoms in total. The molecule has 0 aromatic heterocycles. The molecule has 1 heterocycles. The van der Waals surface area contributed by atoms with Crippen molar-refractivity contribution in [3.63, 3.8) is 0 Å². The Balaban J connectivity index is 2.11. The van der Waals surface area contributed by atoms with E-state index in [1.165, 1.54) is 6.07 Å². The summed E-state index contributed by atoms with van der Waals surface area (Å²) in [5.74, 6) is -1.20. The number of piperidine rings is 1. The molecule has 1 aliphatic heterocycles. The molecule has 0 bridgehead atoms. The van der Waals surface area contributed by atoms with Crippen LogP contribution in [0.25, 0.3) is 0 Å². The SMILES string of the molecule is O=C(O)C1CCCCN1C(c1cccc(Cl)c1)c1ccccc1F. The number of aliphatic carboxylic acids is 1. The van der Waals surface area contributed by atoms with Gasteiger partial charge in [-0.1, -0.05) is 48.4 Å². The Kier molecular flexibility index (Phi) is 5.17. The van der Waals surface area contributed by atoms with Crippen molar-refractivity contribution in [2.45, 2.75) is 31.3 Å². The van der Waals surface area contributed by atoms with Gasteiger partial charge < -0.3 is 5.11 Å². The zero-order chi connectivity index (χ0) is 17.1. The summed E-state index contributed by atoms with van der Waals surface area (Å²) in [7, 11) is 0. The molecule has 3 rings (SSSR count). The second-order valence-corrected chi connectivity index (χ2v) is 6.50. The zero-order valence-electron chi connectivity index (χ0n) is 13.2. The molecular weight excluding hydrogens is 329 g/mol. The average Bonchev–Trinajstić information content (AvgIpc) is 2.57. The minimum atomic E-state index is -0.863. The topological polar surface area (TPSA) is 40.5 Å². The maximum atomic E-state index is 14.5. The number of carboxylic acid groups (broad SMARTS) is 1. The van der Waals surface area contributed by atoms with E-state index in [-0.39, 0.29) is 5.82 Å². The van der Waals surface area contributed by atoms with Crippen molar-refractivity contribution >= 4 is 17.6 Å². The first-order valence-corrected chi connectivity index (χ1v) is 8.44. The Morgan fingerprint density at radius 3 is 2.71 bits per heavy atom. The van der Waals surface area contributed by atoms with E-state index in [0.717, 1.165) is 18.4 Å². The molecular formula is C19H19ClFNO2. The summed E-state index contributed by atoms with van der Waals surface area (Å²) < 4.78 is 14.5. The number of hydrogen-bond donors (Lipinski definition) is 1. The van der Waals surface area contributed by atoms with Gasteiger partial charge in [0.25, 0.3) is 0 Å². The summed E-state index contributed by atoms with van der Waals surface area (Å²) in [5, 5.41) is 10.2. The predicted octanol–water partition coefficient (Wildman–Crippen LogP) is 4.51. The van der Waals surface area contributed by atoms with Crippen LogP contribution in [0.2, 0.25) is 5.02 Å². The van der Waals surface area contributed by atoms with Crippen molar-refractivity contribution in [2.24, 2.45) is 0 Å². The van der Waals surface area contributed by atoms with E-state index in [1.54, 1.807) is 30.3 Å². The third-order valence-electron chi connectivity index (χ3n) is 4.53. The molecule has 1 N–H and O–H groups in total. The van der Waals surface area contributed by atoms with Crippen LogP contribution < -0.4 is 0 Å². The highest BCUT2D eigenvalue weighted by Crippen LogP contribution is 2.36. The van der Waals surface area contributed by atoms with Crippen LogP contribution in [0.5, 0.6) is 0 Å². The maximum Gasteiger partial charge on any atom is 0.320 e. The number of benzene rings is 2. The Morgan fingerprint density at radius 1 is 1.21 bits per heavy atom. The lowest BCUT2D eigenvalue weighted by molar-refractivity contribution is -0.145. The van der Waals surface area contributed by atoms with Gasteiger partial charge in [-0.05, 0) is 43.1 Å². The lowest BCUT2D eigenvalue weighted by atomic mass is 9.91. The molecule has 0 spiro atoms. The molecule has 0 aliphatic carbocycles. The van der Waals surface area contributed by atoms with Crippen LogP contribution >= 0.6 is 11.6 Å². The number of nitrogens with zero attached hydrogens (tertiary/aromatic N) is 1. The summed E-state index contributed by atoms with van der Waals surface area (Å²) in [4.78, 5) is 13.6. The van der Waals surface area contributed by atoms with Gasteiger partial charge in [-0.25, -0.2) is 4.39 Å². The van der Waals surface area contributed by atoms with Gasteiger partial charge in [0, 0.05) is 10.6 Å². The Labute approximate surface area is 145 Å². The molecule has 1 aliphatic rings. The number of likely N-dealkylation sites (tertiary alicyclic amines) is 1. The fraction of sp³-hybridized carbons (Fsp3) is 0.316. The van der Waals surface area contributed by atoms with Gasteiger partial charge >= 0.3 is 5.97 Å². The molecule has 0 amide bonds. The van der Waals surface area contributed by atoms with E-state index in [0.29, 0.717) is 23.6 Å². The minimum absolute atomic E-state index is 0.336. The predicted molar refractivity (Wildman–Crippen MR) is 91.7 cm³/mol. The molecule has 2 aromatic rings. The lowest BCUT2D eigenvalue weighted by Crippen LogP contribution is -2.47. The van der Waals surface area contributed by atoms with Crippen LogP contribution in [0.3, 0.4) is 0 Å². The molecule has 0 saturated carbocycles. The summed E-state index contributed by atoms with van der Waals surface area (Å²) in [5.41, 5.74) is 1.29. The molecule has 1 fully saturated rings. The summed E-state index contributed by atoms with van der Waals surface area (Å²) in [6.07, 6.45) is 2.34. The summed E-state index contributed by atoms with van der Waals surface area (Å²) in [6.45, 7) is 0.614. The average molecular weight is 348 g/mol. The Bertz CT molecular complexity index is 737. The van der Waals surface area contributed by atoms with Crippen LogP contribution in [0, 0.1) is 5.82 Å². The smallest absolute Gasteiger partial charge is 0.320 e. The second-order valence-electron chi connectivity index (χ2n) is 6.07. The Hall–Kier alpha value is -1.91. The van der Waals surface area contributed by atoms with Crippen LogP contribution in [0.4, 0.5) is 4.39 Å². The fourth-order valence-corrected chi connectivity index (χ4v) is 3.65. The van der Waals surface area contributed by atoms with Gasteiger partial charge in [0.15, 0.2) is 0 Å². The van der Waals surface area contributed by atoms with Gasteiger partial charge in [0.2, 0.25) is 0 Å². The van der Waals surface area contributed by atoms with E-state index in [1.807, 2.05) is 17.0 Å². The lowest BCUT2D eigenvalue weighted by Gasteiger charge is -2.39. The van der Waals surface area contributed by atoms with Gasteiger partial charge in [0.05, 0.1) is 6.04 Å². The maximum absolute atomic E-state index is 14.5. The van der Waals surface area contributed by atoms with Gasteiger partial charge in [0.1, 0.15) is 11.9 Å². The zero-order valence-corrected chi connectivity index (χ0v) is 13.9. The van der Waals surface area contributed by atoms with Crippen LogP contribution in [0.1, 0.15) is 36.4 Å². The Morgan fingerprint density at radius 2 is 2.00 bits per heavy atom. The highest BCUT2D eigenvalue weighted by atomic mass is 35.5. The molecule has 5 heteroatoms. The van der Waals surface area contributed by atoms with Gasteiger partial charge in [-0.2, -0.15) is 0 Å². The number of rotatable bonds is 4. The van der Waals surface area contributed by atoms with E-state index >= 15 is 0 Å². The number of hydrogen-bond acceptors (Lipinski definition) is 2. The number of carbonyl (C=O) groups is 1. The number of halogens is 2. The highest BCUT2D eigenvalue weighted by molar-refractivity contribution is 6.30. The minimum Gasteiger partial charge on any atom is -0.480 e. The third-order valence-corrected chi connectivity index (χ3v) is 4.76. The monoisotopic (exact) mass is 347 g/mol. The standard InChI is InChI=1S/C19H19ClFNO2/c20-14-7-5-6-13(12-14)18(15-8-1-2-9-16(15)21)22-11-4-3-10-17(22)19(23)24/h1-2,5-9,12,17-18H,3-4,10-11H2,(H,23,24). The fourth-order valence-electron chi connectivity index (χ4n) is 3.45. The van der Waals surface area contributed by atoms with Gasteiger partial charge in [-0.15, -0.1) is 0 Å². The summed E-state index contributed by atoms with van der Waals surface area (Å²) in [6, 6.07) is 12.7. The number of carboxylic acids is 1. The van der Waals surface area contributed by atoms with Crippen molar-refractivity contribution in [3.8, 4) is 0 Å². The van der Waals surface area contributed by atoms with E-state index in [9.17, 15) is 14.3 Å². The first kappa shape index (κ1) is 16.9. The van der Waals surface area contributed by atoms with Crippen molar-refractivity contribution < 1.29 is 14.3 Å². The molecule has 2 atom stereocenters. The van der Waals surface area contributed by atoms with Crippen LogP contribution in [-0.2, 0) is 4.79 Å². The third kappa shape index (κ3) is 3.45. The normalized spacial score (nSPS) is 19.8. The van der Waals surface area contributed by atoms with Crippen LogP contribution in [-0.4, -0.2) is 28.6 Å². The molecule has 2 unspecified atom stereocenters. The van der Waals surface area contributed by atoms with Crippen molar-refractivity contribution in [3.05, 3.63) is 70.5 Å². The van der Waals surface area contributed by atoms with Crippen molar-refractivity contribution in [1.29, 1.82) is 0 Å². The van der Waals surface area contributed by atoms with Gasteiger partial charge in [-0.3, -0.25) is 9.69 Å². The van der Waals surface area contributed by atoms with E-state index < -0.39 is 18.1 Å². The van der Waals surface area contributed by atoms with E-state index in [4.69, 9.17) is 11.6 Å². The quantitative estimate of drug-likeness (QED) is 0.884. The molecule has 0 radical (unpaired) electrons.